The Morgan fingerprint density at radius 1 is 1.44 bits per heavy atom. The second-order valence-corrected chi connectivity index (χ2v) is 4.45. The van der Waals surface area contributed by atoms with E-state index in [4.69, 9.17) is 0 Å². The summed E-state index contributed by atoms with van der Waals surface area (Å²) in [7, 11) is 0. The highest BCUT2D eigenvalue weighted by atomic mass is 16.3. The summed E-state index contributed by atoms with van der Waals surface area (Å²) in [6.45, 7) is 4.07. The summed E-state index contributed by atoms with van der Waals surface area (Å²) in [5.74, 6) is 0. The van der Waals surface area contributed by atoms with E-state index in [0.29, 0.717) is 6.04 Å². The van der Waals surface area contributed by atoms with Gasteiger partial charge < -0.3 is 5.11 Å². The van der Waals surface area contributed by atoms with Gasteiger partial charge in [-0.15, -0.1) is 0 Å². The van der Waals surface area contributed by atoms with E-state index >= 15 is 0 Å². The maximum atomic E-state index is 9.32. The molecule has 4 nitrogen and oxygen atoms in total. The summed E-state index contributed by atoms with van der Waals surface area (Å²) in [5, 5.41) is 9.32. The molecule has 0 aromatic carbocycles. The Morgan fingerprint density at radius 3 is 3.06 bits per heavy atom. The van der Waals surface area contributed by atoms with E-state index in [2.05, 4.69) is 14.9 Å². The SMILES string of the molecule is Cc1cncc(CN2CCCCC2CO)n1. The van der Waals surface area contributed by atoms with Crippen LogP contribution < -0.4 is 0 Å². The van der Waals surface area contributed by atoms with Crippen LogP contribution in [0, 0.1) is 6.92 Å². The molecule has 1 unspecified atom stereocenters. The van der Waals surface area contributed by atoms with Crippen LogP contribution in [0.5, 0.6) is 0 Å². The maximum absolute atomic E-state index is 9.32. The standard InChI is InChI=1S/C12H19N3O/c1-10-6-13-7-11(14-10)8-15-5-3-2-4-12(15)9-16/h6-7,12,16H,2-5,8-9H2,1H3. The van der Waals surface area contributed by atoms with Crippen molar-refractivity contribution < 1.29 is 5.11 Å². The lowest BCUT2D eigenvalue weighted by molar-refractivity contribution is 0.0829. The first kappa shape index (κ1) is 11.5. The first-order valence-electron chi connectivity index (χ1n) is 5.92. The van der Waals surface area contributed by atoms with Crippen molar-refractivity contribution in [2.24, 2.45) is 0 Å². The smallest absolute Gasteiger partial charge is 0.0730 e. The topological polar surface area (TPSA) is 49.2 Å². The fourth-order valence-electron chi connectivity index (χ4n) is 2.27. The summed E-state index contributed by atoms with van der Waals surface area (Å²) in [5.41, 5.74) is 1.95. The lowest BCUT2D eigenvalue weighted by atomic mass is 10.0. The Hall–Kier alpha value is -1.00. The zero-order valence-electron chi connectivity index (χ0n) is 9.76. The second kappa shape index (κ2) is 5.37. The van der Waals surface area contributed by atoms with E-state index < -0.39 is 0 Å². The van der Waals surface area contributed by atoms with Crippen LogP contribution in [0.4, 0.5) is 0 Å². The number of nitrogens with zero attached hydrogens (tertiary/aromatic N) is 3. The van der Waals surface area contributed by atoms with Crippen LogP contribution in [0.3, 0.4) is 0 Å². The van der Waals surface area contributed by atoms with Crippen LogP contribution >= 0.6 is 0 Å². The van der Waals surface area contributed by atoms with Crippen molar-refractivity contribution in [2.75, 3.05) is 13.2 Å². The van der Waals surface area contributed by atoms with Gasteiger partial charge in [-0.05, 0) is 26.3 Å². The van der Waals surface area contributed by atoms with Gasteiger partial charge in [0, 0.05) is 25.0 Å². The highest BCUT2D eigenvalue weighted by molar-refractivity contribution is 5.01. The molecule has 1 aromatic heterocycles. The van der Waals surface area contributed by atoms with Crippen LogP contribution in [0.2, 0.25) is 0 Å². The molecule has 4 heteroatoms. The molecule has 0 spiro atoms. The average Bonchev–Trinajstić information content (AvgIpc) is 2.30. The molecular weight excluding hydrogens is 202 g/mol. The van der Waals surface area contributed by atoms with Crippen LogP contribution in [-0.4, -0.2) is 39.2 Å². The fraction of sp³-hybridized carbons (Fsp3) is 0.667. The van der Waals surface area contributed by atoms with Crippen LogP contribution in [-0.2, 0) is 6.54 Å². The van der Waals surface area contributed by atoms with Crippen molar-refractivity contribution in [3.8, 4) is 0 Å². The number of likely N-dealkylation sites (tertiary alicyclic amines) is 1. The van der Waals surface area contributed by atoms with Gasteiger partial charge in [0.1, 0.15) is 0 Å². The molecule has 1 aromatic rings. The molecule has 1 N–H and O–H groups in total. The lowest BCUT2D eigenvalue weighted by Crippen LogP contribution is -2.41. The summed E-state index contributed by atoms with van der Waals surface area (Å²) < 4.78 is 0. The molecule has 88 valence electrons. The van der Waals surface area contributed by atoms with E-state index in [9.17, 15) is 5.11 Å². The lowest BCUT2D eigenvalue weighted by Gasteiger charge is -2.34. The molecule has 0 amide bonds. The zero-order chi connectivity index (χ0) is 11.4. The number of hydrogen-bond acceptors (Lipinski definition) is 4. The van der Waals surface area contributed by atoms with E-state index in [0.717, 1.165) is 30.9 Å². The second-order valence-electron chi connectivity index (χ2n) is 4.45. The molecule has 1 aliphatic heterocycles. The number of aromatic nitrogens is 2. The van der Waals surface area contributed by atoms with Gasteiger partial charge in [0.05, 0.1) is 18.0 Å². The van der Waals surface area contributed by atoms with Crippen LogP contribution in [0.15, 0.2) is 12.4 Å². The highest BCUT2D eigenvalue weighted by Crippen LogP contribution is 2.18. The third-order valence-electron chi connectivity index (χ3n) is 3.13. The number of aryl methyl sites for hydroxylation is 1. The Labute approximate surface area is 96.3 Å². The molecule has 0 radical (unpaired) electrons. The normalized spacial score (nSPS) is 22.2. The number of rotatable bonds is 3. The van der Waals surface area contributed by atoms with E-state index in [1.54, 1.807) is 6.20 Å². The number of aliphatic hydroxyl groups is 1. The molecule has 1 fully saturated rings. The summed E-state index contributed by atoms with van der Waals surface area (Å²) in [6.07, 6.45) is 7.12. The molecule has 0 bridgehead atoms. The zero-order valence-corrected chi connectivity index (χ0v) is 9.76. The van der Waals surface area contributed by atoms with Gasteiger partial charge in [0.15, 0.2) is 0 Å². The molecule has 1 saturated heterocycles. The first-order valence-corrected chi connectivity index (χ1v) is 5.92. The van der Waals surface area contributed by atoms with Gasteiger partial charge >= 0.3 is 0 Å². The van der Waals surface area contributed by atoms with Crippen LogP contribution in [0.25, 0.3) is 0 Å². The molecule has 16 heavy (non-hydrogen) atoms. The van der Waals surface area contributed by atoms with Crippen molar-refractivity contribution in [2.45, 2.75) is 38.8 Å². The average molecular weight is 221 g/mol. The summed E-state index contributed by atoms with van der Waals surface area (Å²) in [4.78, 5) is 10.9. The highest BCUT2D eigenvalue weighted by Gasteiger charge is 2.21. The Balaban J connectivity index is 2.02. The van der Waals surface area contributed by atoms with Crippen molar-refractivity contribution in [3.05, 3.63) is 23.8 Å². The molecule has 0 saturated carbocycles. The quantitative estimate of drug-likeness (QED) is 0.831. The Morgan fingerprint density at radius 2 is 2.31 bits per heavy atom. The fourth-order valence-corrected chi connectivity index (χ4v) is 2.27. The minimum atomic E-state index is 0.249. The molecule has 2 rings (SSSR count). The first-order chi connectivity index (χ1) is 7.79. The predicted octanol–water partition coefficient (Wildman–Crippen LogP) is 1.13. The van der Waals surface area contributed by atoms with Crippen molar-refractivity contribution in [1.29, 1.82) is 0 Å². The number of piperidine rings is 1. The van der Waals surface area contributed by atoms with Crippen LogP contribution in [0.1, 0.15) is 30.7 Å². The van der Waals surface area contributed by atoms with Crippen molar-refractivity contribution in [3.63, 3.8) is 0 Å². The molecule has 1 atom stereocenters. The maximum Gasteiger partial charge on any atom is 0.0730 e. The molecule has 2 heterocycles. The van der Waals surface area contributed by atoms with Gasteiger partial charge in [0.2, 0.25) is 0 Å². The monoisotopic (exact) mass is 221 g/mol. The van der Waals surface area contributed by atoms with Crippen molar-refractivity contribution in [1.82, 2.24) is 14.9 Å². The minimum absolute atomic E-state index is 0.249. The number of hydrogen-bond donors (Lipinski definition) is 1. The van der Waals surface area contributed by atoms with E-state index in [-0.39, 0.29) is 6.61 Å². The molecule has 1 aliphatic rings. The minimum Gasteiger partial charge on any atom is -0.395 e. The van der Waals surface area contributed by atoms with Gasteiger partial charge in [-0.25, -0.2) is 0 Å². The van der Waals surface area contributed by atoms with E-state index in [1.165, 1.54) is 12.8 Å². The van der Waals surface area contributed by atoms with E-state index in [1.807, 2.05) is 13.1 Å². The van der Waals surface area contributed by atoms with Gasteiger partial charge in [-0.1, -0.05) is 6.42 Å². The summed E-state index contributed by atoms with van der Waals surface area (Å²) in [6, 6.07) is 0.302. The Kier molecular flexibility index (Phi) is 3.85. The molecule has 0 aliphatic carbocycles. The third-order valence-corrected chi connectivity index (χ3v) is 3.13. The third kappa shape index (κ3) is 2.77. The van der Waals surface area contributed by atoms with Gasteiger partial charge in [-0.3, -0.25) is 14.9 Å². The van der Waals surface area contributed by atoms with Gasteiger partial charge in [0.25, 0.3) is 0 Å². The van der Waals surface area contributed by atoms with Crippen molar-refractivity contribution >= 4 is 0 Å². The predicted molar refractivity (Wildman–Crippen MR) is 61.9 cm³/mol. The summed E-state index contributed by atoms with van der Waals surface area (Å²) >= 11 is 0. The Bertz CT molecular complexity index is 343. The number of aliphatic hydroxyl groups excluding tert-OH is 1. The largest absolute Gasteiger partial charge is 0.395 e. The van der Waals surface area contributed by atoms with Gasteiger partial charge in [-0.2, -0.15) is 0 Å². The molecular formula is C12H19N3O.